The van der Waals surface area contributed by atoms with Crippen LogP contribution in [0.15, 0.2) is 29.6 Å². The monoisotopic (exact) mass is 372 g/mol. The van der Waals surface area contributed by atoms with E-state index in [1.54, 1.807) is 6.92 Å². The maximum atomic E-state index is 12.5. The van der Waals surface area contributed by atoms with E-state index >= 15 is 0 Å². The van der Waals surface area contributed by atoms with E-state index in [9.17, 15) is 9.59 Å². The fourth-order valence-electron chi connectivity index (χ4n) is 3.75. The number of aryl methyl sites for hydroxylation is 1. The Bertz CT molecular complexity index is 895. The van der Waals surface area contributed by atoms with E-state index in [0.29, 0.717) is 12.1 Å². The molecule has 2 fully saturated rings. The second-order valence-corrected chi connectivity index (χ2v) is 8.14. The standard InChI is InChI=1S/C19H20N2O4S/c1-11-6-4-5-7-13(11)20-17-21-14(9-26-17)18(3)10-19(16(23)25-18)8-12(2)24-15(19)22/h4-7,9,12H,8,10H2,1-3H3,(H,20,21)/t12-,18+,19+/m1/s1. The summed E-state index contributed by atoms with van der Waals surface area (Å²) >= 11 is 1.44. The SMILES string of the molecule is Cc1ccccc1Nc1nc([C@]2(C)C[C@]3(C[C@@H](C)OC3=O)C(=O)O2)cs1. The minimum absolute atomic E-state index is 0.259. The molecule has 2 aliphatic heterocycles. The normalized spacial score (nSPS) is 30.5. The van der Waals surface area contributed by atoms with Crippen molar-refractivity contribution in [1.82, 2.24) is 4.98 Å². The van der Waals surface area contributed by atoms with Crippen molar-refractivity contribution in [3.63, 3.8) is 0 Å². The molecule has 0 unspecified atom stereocenters. The van der Waals surface area contributed by atoms with Crippen LogP contribution in [0.1, 0.15) is 37.9 Å². The fourth-order valence-corrected chi connectivity index (χ4v) is 4.60. The number of thiazole rings is 1. The van der Waals surface area contributed by atoms with Gasteiger partial charge in [0.15, 0.2) is 16.1 Å². The summed E-state index contributed by atoms with van der Waals surface area (Å²) in [4.78, 5) is 29.4. The van der Waals surface area contributed by atoms with Crippen LogP contribution >= 0.6 is 11.3 Å². The zero-order valence-corrected chi connectivity index (χ0v) is 15.7. The molecule has 26 heavy (non-hydrogen) atoms. The van der Waals surface area contributed by atoms with E-state index in [2.05, 4.69) is 10.3 Å². The van der Waals surface area contributed by atoms with Crippen LogP contribution in [0.4, 0.5) is 10.8 Å². The summed E-state index contributed by atoms with van der Waals surface area (Å²) in [7, 11) is 0. The molecule has 3 heterocycles. The zero-order valence-electron chi connectivity index (χ0n) is 14.9. The van der Waals surface area contributed by atoms with Crippen molar-refractivity contribution in [2.45, 2.75) is 45.3 Å². The Morgan fingerprint density at radius 1 is 1.27 bits per heavy atom. The lowest BCUT2D eigenvalue weighted by atomic mass is 9.78. The molecule has 1 spiro atoms. The fraction of sp³-hybridized carbons (Fsp3) is 0.421. The third-order valence-electron chi connectivity index (χ3n) is 5.12. The predicted octanol–water partition coefficient (Wildman–Crippen LogP) is 3.68. The number of hydrogen-bond donors (Lipinski definition) is 1. The van der Waals surface area contributed by atoms with Crippen LogP contribution in [0.5, 0.6) is 0 Å². The summed E-state index contributed by atoms with van der Waals surface area (Å²) in [6.45, 7) is 5.62. The van der Waals surface area contributed by atoms with E-state index in [4.69, 9.17) is 9.47 Å². The molecule has 2 saturated heterocycles. The number of rotatable bonds is 3. The Hall–Kier alpha value is -2.41. The summed E-state index contributed by atoms with van der Waals surface area (Å²) in [6.07, 6.45) is 0.347. The largest absolute Gasteiger partial charge is 0.462 e. The van der Waals surface area contributed by atoms with Crippen molar-refractivity contribution in [3.05, 3.63) is 40.9 Å². The second kappa shape index (κ2) is 5.81. The molecule has 0 aliphatic carbocycles. The van der Waals surface area contributed by atoms with Gasteiger partial charge in [0, 0.05) is 23.9 Å². The van der Waals surface area contributed by atoms with E-state index in [0.717, 1.165) is 16.4 Å². The number of esters is 2. The number of anilines is 2. The number of carbonyl (C=O) groups excluding carboxylic acids is 2. The van der Waals surface area contributed by atoms with Gasteiger partial charge in [-0.2, -0.15) is 0 Å². The van der Waals surface area contributed by atoms with Crippen LogP contribution < -0.4 is 5.32 Å². The molecule has 0 radical (unpaired) electrons. The molecule has 3 atom stereocenters. The first-order valence-electron chi connectivity index (χ1n) is 8.56. The van der Waals surface area contributed by atoms with Gasteiger partial charge in [-0.15, -0.1) is 11.3 Å². The van der Waals surface area contributed by atoms with Gasteiger partial charge in [0.2, 0.25) is 0 Å². The van der Waals surface area contributed by atoms with Gasteiger partial charge in [-0.25, -0.2) is 4.98 Å². The number of para-hydroxylation sites is 1. The van der Waals surface area contributed by atoms with Crippen LogP contribution in [0.3, 0.4) is 0 Å². The molecule has 2 aromatic rings. The van der Waals surface area contributed by atoms with Crippen LogP contribution in [-0.2, 0) is 24.7 Å². The topological polar surface area (TPSA) is 77.5 Å². The Morgan fingerprint density at radius 3 is 2.73 bits per heavy atom. The first-order chi connectivity index (χ1) is 12.3. The van der Waals surface area contributed by atoms with Crippen LogP contribution in [-0.4, -0.2) is 23.0 Å². The van der Waals surface area contributed by atoms with Gasteiger partial charge in [0.05, 0.1) is 5.69 Å². The highest BCUT2D eigenvalue weighted by Crippen LogP contribution is 2.52. The number of aromatic nitrogens is 1. The highest BCUT2D eigenvalue weighted by Gasteiger charge is 2.65. The van der Waals surface area contributed by atoms with Crippen molar-refractivity contribution >= 4 is 34.1 Å². The quantitative estimate of drug-likeness (QED) is 0.654. The number of carbonyl (C=O) groups is 2. The van der Waals surface area contributed by atoms with Crippen LogP contribution in [0.2, 0.25) is 0 Å². The number of nitrogens with zero attached hydrogens (tertiary/aromatic N) is 1. The molecule has 1 aromatic heterocycles. The molecule has 4 rings (SSSR count). The summed E-state index contributed by atoms with van der Waals surface area (Å²) < 4.78 is 10.9. The van der Waals surface area contributed by atoms with E-state index in [1.165, 1.54) is 11.3 Å². The van der Waals surface area contributed by atoms with Gasteiger partial charge in [-0.3, -0.25) is 9.59 Å². The lowest BCUT2D eigenvalue weighted by molar-refractivity contribution is -0.160. The van der Waals surface area contributed by atoms with Gasteiger partial charge >= 0.3 is 11.9 Å². The van der Waals surface area contributed by atoms with Crippen LogP contribution in [0.25, 0.3) is 0 Å². The van der Waals surface area contributed by atoms with Crippen LogP contribution in [0, 0.1) is 12.3 Å². The van der Waals surface area contributed by atoms with E-state index in [-0.39, 0.29) is 12.5 Å². The Balaban J connectivity index is 1.59. The summed E-state index contributed by atoms with van der Waals surface area (Å²) in [5.41, 5.74) is 0.621. The number of benzene rings is 1. The van der Waals surface area contributed by atoms with Gasteiger partial charge in [0.1, 0.15) is 6.10 Å². The Kier molecular flexibility index (Phi) is 3.80. The third-order valence-corrected chi connectivity index (χ3v) is 5.87. The molecule has 2 aliphatic rings. The first kappa shape index (κ1) is 17.0. The maximum Gasteiger partial charge on any atom is 0.324 e. The van der Waals surface area contributed by atoms with Crippen molar-refractivity contribution in [3.8, 4) is 0 Å². The average molecular weight is 372 g/mol. The minimum Gasteiger partial charge on any atom is -0.462 e. The lowest BCUT2D eigenvalue weighted by Gasteiger charge is -2.20. The maximum absolute atomic E-state index is 12.5. The van der Waals surface area contributed by atoms with Gasteiger partial charge in [-0.1, -0.05) is 18.2 Å². The molecule has 0 amide bonds. The number of cyclic esters (lactones) is 2. The van der Waals surface area contributed by atoms with Gasteiger partial charge < -0.3 is 14.8 Å². The molecule has 0 saturated carbocycles. The Labute approximate surface area is 155 Å². The summed E-state index contributed by atoms with van der Waals surface area (Å²) in [5.74, 6) is -0.983. The van der Waals surface area contributed by atoms with Crippen molar-refractivity contribution in [2.75, 3.05) is 5.32 Å². The molecular weight excluding hydrogens is 352 g/mol. The highest BCUT2D eigenvalue weighted by molar-refractivity contribution is 7.13. The van der Waals surface area contributed by atoms with E-state index in [1.807, 2.05) is 43.5 Å². The molecular formula is C19H20N2O4S. The number of nitrogens with one attached hydrogen (secondary N) is 1. The molecule has 136 valence electrons. The molecule has 1 aromatic carbocycles. The molecule has 0 bridgehead atoms. The lowest BCUT2D eigenvalue weighted by Crippen LogP contribution is -2.31. The van der Waals surface area contributed by atoms with Crippen molar-refractivity contribution in [1.29, 1.82) is 0 Å². The Morgan fingerprint density at radius 2 is 2.04 bits per heavy atom. The number of ether oxygens (including phenoxy) is 2. The molecule has 6 nitrogen and oxygen atoms in total. The van der Waals surface area contributed by atoms with Gasteiger partial charge in [-0.05, 0) is 32.4 Å². The van der Waals surface area contributed by atoms with Crippen molar-refractivity contribution in [2.24, 2.45) is 5.41 Å². The third kappa shape index (κ3) is 2.58. The summed E-state index contributed by atoms with van der Waals surface area (Å²) in [6, 6.07) is 7.95. The number of hydrogen-bond acceptors (Lipinski definition) is 7. The van der Waals surface area contributed by atoms with Gasteiger partial charge in [0.25, 0.3) is 0 Å². The molecule has 1 N–H and O–H groups in total. The zero-order chi connectivity index (χ0) is 18.5. The van der Waals surface area contributed by atoms with Crippen molar-refractivity contribution < 1.29 is 19.1 Å². The average Bonchev–Trinajstić information content (AvgIpc) is 3.22. The van der Waals surface area contributed by atoms with E-state index < -0.39 is 23.0 Å². The highest BCUT2D eigenvalue weighted by atomic mass is 32.1. The summed E-state index contributed by atoms with van der Waals surface area (Å²) in [5, 5.41) is 5.89. The first-order valence-corrected chi connectivity index (χ1v) is 9.44. The minimum atomic E-state index is -1.19. The smallest absolute Gasteiger partial charge is 0.324 e. The predicted molar refractivity (Wildman–Crippen MR) is 97.2 cm³/mol. The molecule has 7 heteroatoms. The second-order valence-electron chi connectivity index (χ2n) is 7.28.